The van der Waals surface area contributed by atoms with Gasteiger partial charge in [-0.15, -0.1) is 16.4 Å². The number of hydrogen-bond donors (Lipinski definition) is 6. The molecule has 0 bridgehead atoms. The summed E-state index contributed by atoms with van der Waals surface area (Å²) in [7, 11) is -4.96. The van der Waals surface area contributed by atoms with E-state index in [4.69, 9.17) is 26.2 Å². The van der Waals surface area contributed by atoms with E-state index in [1.54, 1.807) is 0 Å². The number of carboxylic acid groups (broad SMARTS) is 2. The minimum Gasteiger partial charge on any atom is -0.478 e. The van der Waals surface area contributed by atoms with Crippen LogP contribution in [0.2, 0.25) is 0 Å². The number of oxime groups is 1. The van der Waals surface area contributed by atoms with Gasteiger partial charge in [0.2, 0.25) is 5.60 Å². The van der Waals surface area contributed by atoms with E-state index in [0.717, 1.165) is 11.3 Å². The lowest BCUT2D eigenvalue weighted by molar-refractivity contribution is -0.192. The van der Waals surface area contributed by atoms with Crippen molar-refractivity contribution in [1.29, 1.82) is 0 Å². The third-order valence-electron chi connectivity index (χ3n) is 4.98. The molecule has 2 atom stereocenters. The Morgan fingerprint density at radius 1 is 1.24 bits per heavy atom. The minimum absolute atomic E-state index is 0.0507. The molecule has 0 aliphatic carbocycles. The second kappa shape index (κ2) is 12.6. The third kappa shape index (κ3) is 8.30. The number of alkyl halides is 3. The number of carboxylic acids is 2. The van der Waals surface area contributed by atoms with Gasteiger partial charge in [-0.2, -0.15) is 21.6 Å². The third-order valence-corrected chi connectivity index (χ3v) is 6.60. The number of amides is 2. The van der Waals surface area contributed by atoms with Crippen LogP contribution in [-0.4, -0.2) is 101 Å². The molecule has 0 unspecified atom stereocenters. The Morgan fingerprint density at radius 3 is 2.26 bits per heavy atom. The number of carbonyl (C=O) groups is 4. The molecular formula is C18H22F3N9O10S2. The normalized spacial score (nSPS) is 17.5. The van der Waals surface area contributed by atoms with E-state index < -0.39 is 63.6 Å². The summed E-state index contributed by atoms with van der Waals surface area (Å²) in [5.41, 5.74) is 9.03. The first-order valence-electron chi connectivity index (χ1n) is 10.9. The first-order valence-corrected chi connectivity index (χ1v) is 13.2. The van der Waals surface area contributed by atoms with Gasteiger partial charge in [-0.25, -0.2) is 18.9 Å². The van der Waals surface area contributed by atoms with E-state index in [-0.39, 0.29) is 28.2 Å². The van der Waals surface area contributed by atoms with Crippen LogP contribution in [0.1, 0.15) is 25.2 Å². The van der Waals surface area contributed by atoms with Crippen molar-refractivity contribution in [1.82, 2.24) is 29.6 Å². The van der Waals surface area contributed by atoms with Crippen molar-refractivity contribution in [2.24, 2.45) is 10.9 Å². The molecule has 0 aromatic carbocycles. The summed E-state index contributed by atoms with van der Waals surface area (Å²) < 4.78 is 66.0. The van der Waals surface area contributed by atoms with Crippen LogP contribution in [-0.2, 0) is 47.4 Å². The molecule has 2 aromatic heterocycles. The van der Waals surface area contributed by atoms with Crippen LogP contribution in [0.3, 0.4) is 0 Å². The highest BCUT2D eigenvalue weighted by molar-refractivity contribution is 7.84. The molecule has 8 N–H and O–H groups in total. The molecule has 232 valence electrons. The summed E-state index contributed by atoms with van der Waals surface area (Å²) in [6, 6.07) is -2.73. The topological polar surface area (TPSA) is 296 Å². The summed E-state index contributed by atoms with van der Waals surface area (Å²) in [5, 5.41) is 31.2. The maximum absolute atomic E-state index is 13.0. The van der Waals surface area contributed by atoms with Gasteiger partial charge in [-0.3, -0.25) is 18.8 Å². The molecule has 0 radical (unpaired) electrons. The average Bonchev–Trinajstić information content (AvgIpc) is 3.50. The fraction of sp³-hybridized carbons (Fsp3) is 0.444. The predicted molar refractivity (Wildman–Crippen MR) is 132 cm³/mol. The van der Waals surface area contributed by atoms with Gasteiger partial charge in [0.25, 0.3) is 11.8 Å². The van der Waals surface area contributed by atoms with E-state index in [9.17, 15) is 45.6 Å². The number of nitrogen functional groups attached to an aromatic ring is 1. The second-order valence-corrected chi connectivity index (χ2v) is 10.7. The first kappa shape index (κ1) is 33.8. The van der Waals surface area contributed by atoms with E-state index in [1.807, 2.05) is 0 Å². The van der Waals surface area contributed by atoms with Crippen LogP contribution in [0.5, 0.6) is 0 Å². The molecule has 1 fully saturated rings. The maximum atomic E-state index is 13.0. The highest BCUT2D eigenvalue weighted by Gasteiger charge is 2.54. The molecule has 3 heterocycles. The van der Waals surface area contributed by atoms with E-state index >= 15 is 0 Å². The molecular weight excluding hydrogens is 623 g/mol. The molecule has 1 aliphatic rings. The van der Waals surface area contributed by atoms with Gasteiger partial charge < -0.3 is 31.8 Å². The molecule has 19 nitrogen and oxygen atoms in total. The fourth-order valence-electron chi connectivity index (χ4n) is 2.86. The molecule has 24 heteroatoms. The van der Waals surface area contributed by atoms with Crippen LogP contribution < -0.4 is 16.8 Å². The Bertz CT molecular complexity index is 1490. The Kier molecular flexibility index (Phi) is 10.2. The summed E-state index contributed by atoms with van der Waals surface area (Å²) >= 11 is 0.957. The smallest absolute Gasteiger partial charge is 0.478 e. The number of aromatic nitrogens is 4. The van der Waals surface area contributed by atoms with Crippen molar-refractivity contribution in [3.05, 3.63) is 23.0 Å². The SMILES string of the molecule is CC(C)(ON=C(C(=O)N[C@@H]1C(=O)N(S(=O)(=O)O)[C@@H]1Cn1cc(CN)nn1)c1csc(N)n1)C(=O)O.O=C(O)C(F)(F)F. The van der Waals surface area contributed by atoms with Crippen molar-refractivity contribution in [2.45, 2.75) is 50.8 Å². The average molecular weight is 646 g/mol. The largest absolute Gasteiger partial charge is 0.490 e. The van der Waals surface area contributed by atoms with Gasteiger partial charge >= 0.3 is 28.4 Å². The lowest BCUT2D eigenvalue weighted by Gasteiger charge is -2.43. The Labute approximate surface area is 236 Å². The second-order valence-electron chi connectivity index (χ2n) is 8.49. The number of β-lactam (4-membered cyclic amide) rings is 1. The lowest BCUT2D eigenvalue weighted by atomic mass is 9.98. The zero-order valence-corrected chi connectivity index (χ0v) is 22.8. The Morgan fingerprint density at radius 2 is 1.83 bits per heavy atom. The molecule has 0 saturated carbocycles. The minimum atomic E-state index is -5.08. The predicted octanol–water partition coefficient (Wildman–Crippen LogP) is -1.81. The molecule has 2 aromatic rings. The molecule has 2 amide bonds. The summed E-state index contributed by atoms with van der Waals surface area (Å²) in [4.78, 5) is 54.6. The van der Waals surface area contributed by atoms with Gasteiger partial charge in [0.05, 0.1) is 18.3 Å². The number of rotatable bonds is 10. The highest BCUT2D eigenvalue weighted by atomic mass is 32.2. The van der Waals surface area contributed by atoms with Crippen LogP contribution in [0, 0.1) is 0 Å². The Hall–Kier alpha value is -4.42. The van der Waals surface area contributed by atoms with Crippen molar-refractivity contribution in [3.8, 4) is 0 Å². The number of hydrogen-bond acceptors (Lipinski definition) is 14. The molecule has 42 heavy (non-hydrogen) atoms. The summed E-state index contributed by atoms with van der Waals surface area (Å²) in [5.74, 6) is -6.31. The van der Waals surface area contributed by atoms with Crippen LogP contribution in [0.4, 0.5) is 18.3 Å². The van der Waals surface area contributed by atoms with Crippen LogP contribution in [0.15, 0.2) is 16.7 Å². The first-order chi connectivity index (χ1) is 19.2. The van der Waals surface area contributed by atoms with Gasteiger partial charge in [0.1, 0.15) is 11.7 Å². The zero-order chi connectivity index (χ0) is 32.2. The quantitative estimate of drug-likeness (QED) is 0.0718. The number of nitrogens with two attached hydrogens (primary N) is 2. The highest BCUT2D eigenvalue weighted by Crippen LogP contribution is 2.25. The fourth-order valence-corrected chi connectivity index (χ4v) is 4.28. The number of halogens is 3. The molecule has 0 spiro atoms. The molecule has 1 saturated heterocycles. The summed E-state index contributed by atoms with van der Waals surface area (Å²) in [6.07, 6.45) is -3.68. The van der Waals surface area contributed by atoms with E-state index in [1.165, 1.54) is 30.1 Å². The van der Waals surface area contributed by atoms with Crippen molar-refractivity contribution >= 4 is 56.2 Å². The molecule has 3 rings (SSSR count). The lowest BCUT2D eigenvalue weighted by Crippen LogP contribution is -2.73. The van der Waals surface area contributed by atoms with Crippen LogP contribution in [0.25, 0.3) is 0 Å². The molecule has 1 aliphatic heterocycles. The van der Waals surface area contributed by atoms with Crippen molar-refractivity contribution in [3.63, 3.8) is 0 Å². The van der Waals surface area contributed by atoms with Gasteiger partial charge in [0.15, 0.2) is 10.8 Å². The van der Waals surface area contributed by atoms with Crippen LogP contribution >= 0.6 is 11.3 Å². The number of anilines is 1. The van der Waals surface area contributed by atoms with Crippen molar-refractivity contribution in [2.75, 3.05) is 5.73 Å². The Balaban J connectivity index is 0.000000782. The number of nitrogens with one attached hydrogen (secondary N) is 1. The van der Waals surface area contributed by atoms with E-state index in [0.29, 0.717) is 5.69 Å². The van der Waals surface area contributed by atoms with Gasteiger partial charge in [0, 0.05) is 18.1 Å². The van der Waals surface area contributed by atoms with Crippen molar-refractivity contribution < 1.29 is 60.4 Å². The zero-order valence-electron chi connectivity index (χ0n) is 21.2. The van der Waals surface area contributed by atoms with Gasteiger partial charge in [-0.1, -0.05) is 10.4 Å². The number of carbonyl (C=O) groups excluding carboxylic acids is 2. The standard InChI is InChI=1S/C16H21N9O8S2.C2HF3O2/c1-16(2,14(28)29)33-22-10(8-6-34-15(18)19-8)12(26)20-11-9(25(13(11)27)35(30,31)32)5-24-4-7(3-17)21-23-24;3-2(4,5)1(6)7/h4,6,9,11H,3,5,17H2,1-2H3,(H2,18,19)(H,20,26)(H,28,29)(H,30,31,32);(H,6,7)/t9-,11+;/m1./s1. The number of aliphatic carboxylic acids is 2. The summed E-state index contributed by atoms with van der Waals surface area (Å²) in [6.45, 7) is 2.15. The maximum Gasteiger partial charge on any atom is 0.490 e. The van der Waals surface area contributed by atoms with E-state index in [2.05, 4.69) is 25.8 Å². The van der Waals surface area contributed by atoms with Gasteiger partial charge in [-0.05, 0) is 13.8 Å². The number of nitrogens with zero attached hydrogens (tertiary/aromatic N) is 6. The monoisotopic (exact) mass is 645 g/mol. The number of thiazole rings is 1.